The Labute approximate surface area is 125 Å². The van der Waals surface area contributed by atoms with E-state index in [9.17, 15) is 10.1 Å². The molecule has 0 fully saturated rings. The summed E-state index contributed by atoms with van der Waals surface area (Å²) in [5.41, 5.74) is 1.14. The fraction of sp³-hybridized carbons (Fsp3) is 0. The Hall–Kier alpha value is -2.18. The molecular formula is C13H10ClN3O2S. The predicted octanol–water partition coefficient (Wildman–Crippen LogP) is 4.06. The molecule has 0 unspecified atom stereocenters. The van der Waals surface area contributed by atoms with Crippen molar-refractivity contribution in [2.45, 2.75) is 0 Å². The first-order valence-electron chi connectivity index (χ1n) is 5.63. The van der Waals surface area contributed by atoms with E-state index in [0.29, 0.717) is 15.8 Å². The molecule has 20 heavy (non-hydrogen) atoms. The first kappa shape index (κ1) is 14.2. The zero-order valence-electron chi connectivity index (χ0n) is 10.2. The lowest BCUT2D eigenvalue weighted by atomic mass is 10.3. The van der Waals surface area contributed by atoms with Gasteiger partial charge in [-0.25, -0.2) is 0 Å². The van der Waals surface area contributed by atoms with E-state index in [0.717, 1.165) is 5.69 Å². The monoisotopic (exact) mass is 307 g/mol. The molecule has 0 aliphatic carbocycles. The highest BCUT2D eigenvalue weighted by atomic mass is 35.5. The van der Waals surface area contributed by atoms with E-state index in [2.05, 4.69) is 10.6 Å². The summed E-state index contributed by atoms with van der Waals surface area (Å²) in [5.74, 6) is 0. The minimum atomic E-state index is -0.491. The number of anilines is 2. The van der Waals surface area contributed by atoms with Crippen molar-refractivity contribution < 1.29 is 4.92 Å². The molecule has 0 saturated carbocycles. The van der Waals surface area contributed by atoms with Crippen LogP contribution in [0.1, 0.15) is 0 Å². The molecule has 0 spiro atoms. The van der Waals surface area contributed by atoms with Crippen LogP contribution < -0.4 is 10.6 Å². The molecule has 7 heteroatoms. The maximum Gasteiger partial charge on any atom is 0.271 e. The second-order valence-electron chi connectivity index (χ2n) is 3.87. The van der Waals surface area contributed by atoms with Gasteiger partial charge in [0.25, 0.3) is 5.69 Å². The lowest BCUT2D eigenvalue weighted by Crippen LogP contribution is -2.19. The number of hydrogen-bond acceptors (Lipinski definition) is 3. The Balaban J connectivity index is 2.11. The van der Waals surface area contributed by atoms with Crippen LogP contribution in [0.2, 0.25) is 5.02 Å². The Bertz CT molecular complexity index is 649. The third-order valence-electron chi connectivity index (χ3n) is 2.44. The van der Waals surface area contributed by atoms with Gasteiger partial charge >= 0.3 is 0 Å². The second kappa shape index (κ2) is 6.31. The molecule has 0 bridgehead atoms. The number of nitro benzene ring substituents is 1. The number of halogens is 1. The lowest BCUT2D eigenvalue weighted by molar-refractivity contribution is -0.384. The summed E-state index contributed by atoms with van der Waals surface area (Å²) in [7, 11) is 0. The maximum atomic E-state index is 10.7. The minimum absolute atomic E-state index is 0.0561. The number of para-hydroxylation sites is 1. The van der Waals surface area contributed by atoms with Crippen LogP contribution in [-0.4, -0.2) is 10.0 Å². The predicted molar refractivity (Wildman–Crippen MR) is 84.4 cm³/mol. The van der Waals surface area contributed by atoms with Crippen LogP contribution in [0.3, 0.4) is 0 Å². The van der Waals surface area contributed by atoms with Crippen LogP contribution in [0.15, 0.2) is 48.5 Å². The molecule has 0 amide bonds. The quantitative estimate of drug-likeness (QED) is 0.508. The fourth-order valence-electron chi connectivity index (χ4n) is 1.53. The van der Waals surface area contributed by atoms with Crippen LogP contribution in [0.5, 0.6) is 0 Å². The molecule has 0 radical (unpaired) electrons. The van der Waals surface area contributed by atoms with Crippen molar-refractivity contribution in [2.75, 3.05) is 10.6 Å². The minimum Gasteiger partial charge on any atom is -0.332 e. The largest absolute Gasteiger partial charge is 0.332 e. The van der Waals surface area contributed by atoms with Gasteiger partial charge in [0, 0.05) is 17.8 Å². The zero-order chi connectivity index (χ0) is 14.5. The van der Waals surface area contributed by atoms with Crippen LogP contribution in [0, 0.1) is 10.1 Å². The Morgan fingerprint density at radius 2 is 1.85 bits per heavy atom. The van der Waals surface area contributed by atoms with E-state index in [1.165, 1.54) is 18.2 Å². The van der Waals surface area contributed by atoms with Crippen LogP contribution in [0.25, 0.3) is 0 Å². The van der Waals surface area contributed by atoms with Crippen molar-refractivity contribution in [3.63, 3.8) is 0 Å². The molecule has 0 saturated heterocycles. The first-order chi connectivity index (χ1) is 9.56. The second-order valence-corrected chi connectivity index (χ2v) is 4.68. The highest BCUT2D eigenvalue weighted by molar-refractivity contribution is 7.80. The smallest absolute Gasteiger partial charge is 0.271 e. The molecule has 5 nitrogen and oxygen atoms in total. The number of hydrogen-bond donors (Lipinski definition) is 2. The Kier molecular flexibility index (Phi) is 4.49. The number of nitro groups is 1. The van der Waals surface area contributed by atoms with Crippen molar-refractivity contribution in [1.29, 1.82) is 0 Å². The summed E-state index contributed by atoms with van der Waals surface area (Å²) < 4.78 is 0. The Morgan fingerprint density at radius 3 is 2.50 bits per heavy atom. The number of thiocarbonyl (C=S) groups is 1. The van der Waals surface area contributed by atoms with Gasteiger partial charge in [0.05, 0.1) is 15.6 Å². The van der Waals surface area contributed by atoms with Gasteiger partial charge in [-0.1, -0.05) is 29.8 Å². The zero-order valence-corrected chi connectivity index (χ0v) is 11.7. The standard InChI is InChI=1S/C13H10ClN3O2S/c14-11-7-6-10(17(18)19)8-12(11)16-13(20)15-9-4-2-1-3-5-9/h1-8H,(H2,15,16,20). The van der Waals surface area contributed by atoms with E-state index in [1.54, 1.807) is 0 Å². The van der Waals surface area contributed by atoms with Gasteiger partial charge in [0.2, 0.25) is 0 Å². The van der Waals surface area contributed by atoms with E-state index < -0.39 is 4.92 Å². The van der Waals surface area contributed by atoms with Crippen molar-refractivity contribution in [1.82, 2.24) is 0 Å². The molecule has 2 aromatic rings. The van der Waals surface area contributed by atoms with Gasteiger partial charge in [0.15, 0.2) is 5.11 Å². The normalized spacial score (nSPS) is 9.85. The SMILES string of the molecule is O=[N+]([O-])c1ccc(Cl)c(NC(=S)Nc2ccccc2)c1. The Morgan fingerprint density at radius 1 is 1.15 bits per heavy atom. The fourth-order valence-corrected chi connectivity index (χ4v) is 1.92. The summed E-state index contributed by atoms with van der Waals surface area (Å²) in [5, 5.41) is 17.2. The van der Waals surface area contributed by atoms with E-state index in [-0.39, 0.29) is 5.69 Å². The summed E-state index contributed by atoms with van der Waals surface area (Å²) >= 11 is 11.1. The topological polar surface area (TPSA) is 67.2 Å². The molecule has 0 aliphatic heterocycles. The number of rotatable bonds is 3. The van der Waals surface area contributed by atoms with Crippen molar-refractivity contribution >= 4 is 46.0 Å². The number of nitrogens with zero attached hydrogens (tertiary/aromatic N) is 1. The molecular weight excluding hydrogens is 298 g/mol. The van der Waals surface area contributed by atoms with E-state index >= 15 is 0 Å². The summed E-state index contributed by atoms with van der Waals surface area (Å²) in [4.78, 5) is 10.2. The first-order valence-corrected chi connectivity index (χ1v) is 6.42. The average Bonchev–Trinajstić information content (AvgIpc) is 2.42. The molecule has 0 heterocycles. The van der Waals surface area contributed by atoms with Gasteiger partial charge in [-0.2, -0.15) is 0 Å². The van der Waals surface area contributed by atoms with Crippen molar-refractivity contribution in [3.05, 3.63) is 63.7 Å². The molecule has 2 aromatic carbocycles. The molecule has 2 N–H and O–H groups in total. The highest BCUT2D eigenvalue weighted by Crippen LogP contribution is 2.26. The van der Waals surface area contributed by atoms with Crippen LogP contribution >= 0.6 is 23.8 Å². The molecule has 2 rings (SSSR count). The number of benzene rings is 2. The van der Waals surface area contributed by atoms with Crippen molar-refractivity contribution in [3.8, 4) is 0 Å². The molecule has 0 aromatic heterocycles. The highest BCUT2D eigenvalue weighted by Gasteiger charge is 2.10. The summed E-state index contributed by atoms with van der Waals surface area (Å²) in [6.45, 7) is 0. The van der Waals surface area contributed by atoms with Gasteiger partial charge in [-0.3, -0.25) is 10.1 Å². The summed E-state index contributed by atoms with van der Waals surface area (Å²) in [6.07, 6.45) is 0. The van der Waals surface area contributed by atoms with Gasteiger partial charge in [-0.15, -0.1) is 0 Å². The van der Waals surface area contributed by atoms with Crippen molar-refractivity contribution in [2.24, 2.45) is 0 Å². The molecule has 0 atom stereocenters. The van der Waals surface area contributed by atoms with Crippen LogP contribution in [-0.2, 0) is 0 Å². The molecule has 0 aliphatic rings. The van der Waals surface area contributed by atoms with Crippen LogP contribution in [0.4, 0.5) is 17.1 Å². The number of nitrogens with one attached hydrogen (secondary N) is 2. The van der Waals surface area contributed by atoms with Gasteiger partial charge in [-0.05, 0) is 30.4 Å². The summed E-state index contributed by atoms with van der Waals surface area (Å²) in [6, 6.07) is 13.4. The molecule has 102 valence electrons. The van der Waals surface area contributed by atoms with E-state index in [1.807, 2.05) is 30.3 Å². The number of non-ortho nitro benzene ring substituents is 1. The van der Waals surface area contributed by atoms with E-state index in [4.69, 9.17) is 23.8 Å². The average molecular weight is 308 g/mol. The van der Waals surface area contributed by atoms with Gasteiger partial charge in [0.1, 0.15) is 0 Å². The third-order valence-corrected chi connectivity index (χ3v) is 2.97. The lowest BCUT2D eigenvalue weighted by Gasteiger charge is -2.11. The van der Waals surface area contributed by atoms with Gasteiger partial charge < -0.3 is 10.6 Å². The maximum absolute atomic E-state index is 10.7. The third kappa shape index (κ3) is 3.66.